The second-order valence-electron chi connectivity index (χ2n) is 6.21. The van der Waals surface area contributed by atoms with E-state index < -0.39 is 0 Å². The van der Waals surface area contributed by atoms with Crippen molar-refractivity contribution in [2.24, 2.45) is 0 Å². The molecule has 0 bridgehead atoms. The second kappa shape index (κ2) is 6.27. The Labute approximate surface area is 143 Å². The van der Waals surface area contributed by atoms with Gasteiger partial charge in [0, 0.05) is 18.0 Å². The van der Waals surface area contributed by atoms with Crippen LogP contribution in [0.1, 0.15) is 16.1 Å². The van der Waals surface area contributed by atoms with Gasteiger partial charge < -0.3 is 14.4 Å². The first-order valence-corrected chi connectivity index (χ1v) is 8.83. The fraction of sp³-hybridized carbons (Fsp3) is 0.389. The zero-order valence-electron chi connectivity index (χ0n) is 13.2. The van der Waals surface area contributed by atoms with E-state index in [1.54, 1.807) is 12.1 Å². The minimum atomic E-state index is -0.324. The predicted molar refractivity (Wildman–Crippen MR) is 89.7 cm³/mol. The first-order chi connectivity index (χ1) is 11.7. The molecule has 2 fully saturated rings. The van der Waals surface area contributed by atoms with Crippen LogP contribution in [0.3, 0.4) is 0 Å². The molecule has 3 heterocycles. The maximum atomic E-state index is 13.1. The Morgan fingerprint density at radius 1 is 1.08 bits per heavy atom. The molecule has 6 heteroatoms. The van der Waals surface area contributed by atoms with Crippen molar-refractivity contribution < 1.29 is 18.7 Å². The quantitative estimate of drug-likeness (QED) is 0.837. The fourth-order valence-electron chi connectivity index (χ4n) is 3.33. The van der Waals surface area contributed by atoms with Gasteiger partial charge in [-0.25, -0.2) is 4.39 Å². The Balaban J connectivity index is 1.59. The van der Waals surface area contributed by atoms with Crippen molar-refractivity contribution >= 4 is 17.2 Å². The molecule has 4 rings (SSSR count). The Morgan fingerprint density at radius 2 is 1.83 bits per heavy atom. The third kappa shape index (κ3) is 2.75. The SMILES string of the molecule is O=C(c1ccc(-c2ccc(F)cc2)s1)N1CCOCC12CCOC2. The standard InChI is InChI=1S/C18H18FNO3S/c19-14-3-1-13(2-4-14)15-5-6-16(24-15)17(21)20-8-10-23-12-18(20)7-9-22-11-18/h1-6H,7-12H2. The molecule has 0 saturated carbocycles. The molecular weight excluding hydrogens is 329 g/mol. The van der Waals surface area contributed by atoms with Crippen LogP contribution in [0.25, 0.3) is 10.4 Å². The maximum Gasteiger partial charge on any atom is 0.264 e. The summed E-state index contributed by atoms with van der Waals surface area (Å²) in [5.41, 5.74) is 0.594. The Hall–Kier alpha value is -1.76. The van der Waals surface area contributed by atoms with Gasteiger partial charge >= 0.3 is 0 Å². The van der Waals surface area contributed by atoms with Crippen LogP contribution in [0, 0.1) is 5.82 Å². The van der Waals surface area contributed by atoms with Gasteiger partial charge in [0.2, 0.25) is 0 Å². The normalized spacial score (nSPS) is 23.8. The number of benzene rings is 1. The number of carbonyl (C=O) groups excluding carboxylic acids is 1. The van der Waals surface area contributed by atoms with E-state index in [2.05, 4.69) is 0 Å². The van der Waals surface area contributed by atoms with Crippen molar-refractivity contribution in [3.8, 4) is 10.4 Å². The lowest BCUT2D eigenvalue weighted by molar-refractivity contribution is -0.0549. The molecule has 2 aliphatic rings. The third-order valence-electron chi connectivity index (χ3n) is 4.68. The molecule has 1 atom stereocenters. The number of halogens is 1. The van der Waals surface area contributed by atoms with Crippen molar-refractivity contribution in [1.82, 2.24) is 4.90 Å². The topological polar surface area (TPSA) is 38.8 Å². The molecule has 1 spiro atoms. The molecule has 2 aliphatic heterocycles. The lowest BCUT2D eigenvalue weighted by Crippen LogP contribution is -2.59. The van der Waals surface area contributed by atoms with Gasteiger partial charge in [0.05, 0.1) is 30.2 Å². The Bertz CT molecular complexity index is 737. The molecular formula is C18H18FNO3S. The molecule has 2 saturated heterocycles. The van der Waals surface area contributed by atoms with Crippen LogP contribution >= 0.6 is 11.3 Å². The maximum absolute atomic E-state index is 13.1. The van der Waals surface area contributed by atoms with Gasteiger partial charge in [-0.1, -0.05) is 12.1 Å². The number of morpholine rings is 1. The zero-order chi connectivity index (χ0) is 16.6. The summed E-state index contributed by atoms with van der Waals surface area (Å²) in [6.45, 7) is 2.89. The number of rotatable bonds is 2. The smallest absolute Gasteiger partial charge is 0.264 e. The molecule has 0 N–H and O–H groups in total. The Kier molecular flexibility index (Phi) is 4.12. The van der Waals surface area contributed by atoms with Crippen LogP contribution in [0.4, 0.5) is 4.39 Å². The van der Waals surface area contributed by atoms with E-state index in [1.165, 1.54) is 23.5 Å². The minimum absolute atomic E-state index is 0.0298. The number of amides is 1. The van der Waals surface area contributed by atoms with Crippen LogP contribution < -0.4 is 0 Å². The van der Waals surface area contributed by atoms with Gasteiger partial charge in [0.1, 0.15) is 5.82 Å². The lowest BCUT2D eigenvalue weighted by Gasteiger charge is -2.43. The van der Waals surface area contributed by atoms with Gasteiger partial charge in [0.25, 0.3) is 5.91 Å². The minimum Gasteiger partial charge on any atom is -0.379 e. The third-order valence-corrected chi connectivity index (χ3v) is 5.80. The van der Waals surface area contributed by atoms with Gasteiger partial charge in [-0.3, -0.25) is 4.79 Å². The summed E-state index contributed by atoms with van der Waals surface area (Å²) in [6.07, 6.45) is 0.814. The molecule has 2 aromatic rings. The van der Waals surface area contributed by atoms with Crippen LogP contribution in [-0.2, 0) is 9.47 Å². The zero-order valence-corrected chi connectivity index (χ0v) is 14.0. The first kappa shape index (κ1) is 15.7. The van der Waals surface area contributed by atoms with E-state index in [4.69, 9.17) is 9.47 Å². The lowest BCUT2D eigenvalue weighted by atomic mass is 9.95. The van der Waals surface area contributed by atoms with Crippen LogP contribution in [0.15, 0.2) is 36.4 Å². The molecule has 0 aliphatic carbocycles. The molecule has 1 amide bonds. The number of ether oxygens (including phenoxy) is 2. The first-order valence-electron chi connectivity index (χ1n) is 8.01. The van der Waals surface area contributed by atoms with E-state index in [0.29, 0.717) is 37.8 Å². The van der Waals surface area contributed by atoms with Crippen molar-refractivity contribution in [3.63, 3.8) is 0 Å². The number of thiophene rings is 1. The molecule has 1 aromatic carbocycles. The van der Waals surface area contributed by atoms with Gasteiger partial charge in [0.15, 0.2) is 0 Å². The van der Waals surface area contributed by atoms with Crippen molar-refractivity contribution in [1.29, 1.82) is 0 Å². The van der Waals surface area contributed by atoms with E-state index in [1.807, 2.05) is 17.0 Å². The summed E-state index contributed by atoms with van der Waals surface area (Å²) < 4.78 is 24.2. The van der Waals surface area contributed by atoms with E-state index >= 15 is 0 Å². The number of carbonyl (C=O) groups is 1. The van der Waals surface area contributed by atoms with Gasteiger partial charge in [-0.05, 0) is 36.2 Å². The summed E-state index contributed by atoms with van der Waals surface area (Å²) in [6, 6.07) is 10.1. The summed E-state index contributed by atoms with van der Waals surface area (Å²) in [7, 11) is 0. The van der Waals surface area contributed by atoms with Crippen LogP contribution in [0.2, 0.25) is 0 Å². The number of hydrogen-bond donors (Lipinski definition) is 0. The highest BCUT2D eigenvalue weighted by Crippen LogP contribution is 2.34. The summed E-state index contributed by atoms with van der Waals surface area (Å²) >= 11 is 1.44. The van der Waals surface area contributed by atoms with E-state index in [-0.39, 0.29) is 17.3 Å². The monoisotopic (exact) mass is 347 g/mol. The van der Waals surface area contributed by atoms with Crippen LogP contribution in [-0.4, -0.2) is 49.3 Å². The summed E-state index contributed by atoms with van der Waals surface area (Å²) in [4.78, 5) is 16.6. The largest absolute Gasteiger partial charge is 0.379 e. The number of nitrogens with zero attached hydrogens (tertiary/aromatic N) is 1. The number of hydrogen-bond acceptors (Lipinski definition) is 4. The molecule has 0 radical (unpaired) electrons. The van der Waals surface area contributed by atoms with E-state index in [9.17, 15) is 9.18 Å². The molecule has 126 valence electrons. The second-order valence-corrected chi connectivity index (χ2v) is 7.29. The van der Waals surface area contributed by atoms with E-state index in [0.717, 1.165) is 16.9 Å². The van der Waals surface area contributed by atoms with Crippen molar-refractivity contribution in [2.75, 3.05) is 33.0 Å². The van der Waals surface area contributed by atoms with Crippen molar-refractivity contribution in [3.05, 3.63) is 47.1 Å². The highest BCUT2D eigenvalue weighted by atomic mass is 32.1. The van der Waals surface area contributed by atoms with Gasteiger partial charge in [-0.15, -0.1) is 11.3 Å². The average Bonchev–Trinajstić information content (AvgIpc) is 3.26. The molecule has 4 nitrogen and oxygen atoms in total. The molecule has 1 aromatic heterocycles. The highest BCUT2D eigenvalue weighted by Gasteiger charge is 2.45. The Morgan fingerprint density at radius 3 is 2.58 bits per heavy atom. The average molecular weight is 347 g/mol. The van der Waals surface area contributed by atoms with Crippen LogP contribution in [0.5, 0.6) is 0 Å². The molecule has 1 unspecified atom stereocenters. The predicted octanol–water partition coefficient (Wildman–Crippen LogP) is 3.19. The summed E-state index contributed by atoms with van der Waals surface area (Å²) in [5, 5.41) is 0. The fourth-order valence-corrected chi connectivity index (χ4v) is 4.29. The van der Waals surface area contributed by atoms with Crippen molar-refractivity contribution in [2.45, 2.75) is 12.0 Å². The molecule has 24 heavy (non-hydrogen) atoms. The highest BCUT2D eigenvalue weighted by molar-refractivity contribution is 7.17. The van der Waals surface area contributed by atoms with Gasteiger partial charge in [-0.2, -0.15) is 0 Å². The summed E-state index contributed by atoms with van der Waals surface area (Å²) in [5.74, 6) is -0.231.